The Morgan fingerprint density at radius 2 is 2.11 bits per heavy atom. The van der Waals surface area contributed by atoms with Crippen LogP contribution in [-0.2, 0) is 4.74 Å². The smallest absolute Gasteiger partial charge is 0.260 e. The first-order chi connectivity index (χ1) is 13.6. The van der Waals surface area contributed by atoms with Gasteiger partial charge in [0.05, 0.1) is 24.5 Å². The average molecular weight is 400 g/mol. The lowest BCUT2D eigenvalue weighted by Crippen LogP contribution is -2.37. The fourth-order valence-electron chi connectivity index (χ4n) is 3.37. The van der Waals surface area contributed by atoms with Gasteiger partial charge in [0.15, 0.2) is 5.13 Å². The van der Waals surface area contributed by atoms with Crippen LogP contribution in [-0.4, -0.2) is 37.3 Å². The number of nitrogens with zero attached hydrogens (tertiary/aromatic N) is 2. The highest BCUT2D eigenvalue weighted by molar-refractivity contribution is 7.22. The maximum Gasteiger partial charge on any atom is 0.260 e. The van der Waals surface area contributed by atoms with E-state index in [1.165, 1.54) is 35.6 Å². The largest absolute Gasteiger partial charge is 0.494 e. The third kappa shape index (κ3) is 3.59. The first-order valence-corrected chi connectivity index (χ1v) is 10.0. The quantitative estimate of drug-likeness (QED) is 0.629. The van der Waals surface area contributed by atoms with Crippen molar-refractivity contribution in [3.8, 4) is 5.75 Å². The monoisotopic (exact) mass is 400 g/mol. The van der Waals surface area contributed by atoms with Gasteiger partial charge >= 0.3 is 0 Å². The Kier molecular flexibility index (Phi) is 5.28. The maximum absolute atomic E-state index is 13.3. The summed E-state index contributed by atoms with van der Waals surface area (Å²) in [6, 6.07) is 9.45. The predicted octanol–water partition coefficient (Wildman–Crippen LogP) is 4.58. The molecule has 1 fully saturated rings. The van der Waals surface area contributed by atoms with Crippen LogP contribution in [0.25, 0.3) is 10.2 Å². The molecule has 0 radical (unpaired) electrons. The third-order valence-corrected chi connectivity index (χ3v) is 6.10. The minimum Gasteiger partial charge on any atom is -0.494 e. The van der Waals surface area contributed by atoms with Gasteiger partial charge in [-0.3, -0.25) is 9.69 Å². The molecule has 1 saturated heterocycles. The zero-order chi connectivity index (χ0) is 19.7. The highest BCUT2D eigenvalue weighted by atomic mass is 32.1. The van der Waals surface area contributed by atoms with Gasteiger partial charge in [-0.05, 0) is 55.7 Å². The van der Waals surface area contributed by atoms with E-state index in [1.807, 2.05) is 19.1 Å². The van der Waals surface area contributed by atoms with Gasteiger partial charge in [0.1, 0.15) is 17.1 Å². The highest BCUT2D eigenvalue weighted by Gasteiger charge is 2.27. The van der Waals surface area contributed by atoms with Gasteiger partial charge in [-0.2, -0.15) is 0 Å². The number of methoxy groups -OCH3 is 1. The van der Waals surface area contributed by atoms with Gasteiger partial charge in [-0.1, -0.05) is 17.4 Å². The van der Waals surface area contributed by atoms with Gasteiger partial charge in [0.25, 0.3) is 5.91 Å². The summed E-state index contributed by atoms with van der Waals surface area (Å²) in [5, 5.41) is 0.590. The van der Waals surface area contributed by atoms with Crippen molar-refractivity contribution in [2.75, 3.05) is 25.2 Å². The normalized spacial score (nSPS) is 16.5. The van der Waals surface area contributed by atoms with Crippen LogP contribution in [0.1, 0.15) is 28.8 Å². The number of fused-ring (bicyclic) bond motifs is 1. The summed E-state index contributed by atoms with van der Waals surface area (Å²) in [5.41, 5.74) is 2.24. The van der Waals surface area contributed by atoms with Crippen LogP contribution in [0.3, 0.4) is 0 Å². The molecule has 1 aliphatic heterocycles. The van der Waals surface area contributed by atoms with Crippen molar-refractivity contribution in [2.24, 2.45) is 0 Å². The molecule has 7 heteroatoms. The number of thiazole rings is 1. The van der Waals surface area contributed by atoms with Crippen LogP contribution in [0.15, 0.2) is 36.4 Å². The summed E-state index contributed by atoms with van der Waals surface area (Å²) in [6.45, 7) is 3.13. The molecule has 5 nitrogen and oxygen atoms in total. The number of ether oxygens (including phenoxy) is 2. The number of anilines is 1. The molecule has 2 heterocycles. The minimum absolute atomic E-state index is 0.0283. The zero-order valence-electron chi connectivity index (χ0n) is 15.8. The molecular formula is C21H21FN2O3S. The molecule has 0 aliphatic carbocycles. The number of amides is 1. The number of halogens is 1. The summed E-state index contributed by atoms with van der Waals surface area (Å²) in [5.74, 6) is 0.0862. The summed E-state index contributed by atoms with van der Waals surface area (Å²) in [7, 11) is 1.61. The molecule has 1 atom stereocenters. The Hall–Kier alpha value is -2.51. The van der Waals surface area contributed by atoms with Crippen molar-refractivity contribution in [1.82, 2.24) is 4.98 Å². The van der Waals surface area contributed by atoms with E-state index in [9.17, 15) is 9.18 Å². The van der Waals surface area contributed by atoms with Crippen LogP contribution in [0, 0.1) is 12.7 Å². The summed E-state index contributed by atoms with van der Waals surface area (Å²) in [6.07, 6.45) is 1.86. The fraction of sp³-hybridized carbons (Fsp3) is 0.333. The van der Waals surface area contributed by atoms with Gasteiger partial charge in [0.2, 0.25) is 0 Å². The van der Waals surface area contributed by atoms with E-state index in [0.717, 1.165) is 28.6 Å². The standard InChI is InChI=1S/C21H21FN2O3S/c1-13-5-10-17(26-2)18-19(13)28-21(23-18)24(12-16-4-3-11-27-16)20(25)14-6-8-15(22)9-7-14/h5-10,16H,3-4,11-12H2,1-2H3. The van der Waals surface area contributed by atoms with Gasteiger partial charge in [0, 0.05) is 12.2 Å². The summed E-state index contributed by atoms with van der Waals surface area (Å²) >= 11 is 1.46. The molecule has 28 heavy (non-hydrogen) atoms. The molecule has 1 aromatic heterocycles. The van der Waals surface area contributed by atoms with Crippen molar-refractivity contribution in [2.45, 2.75) is 25.9 Å². The molecular weight excluding hydrogens is 379 g/mol. The first kappa shape index (κ1) is 18.8. The number of carbonyl (C=O) groups is 1. The third-order valence-electron chi connectivity index (χ3n) is 4.89. The van der Waals surface area contributed by atoms with E-state index < -0.39 is 0 Å². The van der Waals surface area contributed by atoms with Gasteiger partial charge < -0.3 is 9.47 Å². The van der Waals surface area contributed by atoms with Crippen LogP contribution in [0.2, 0.25) is 0 Å². The molecule has 0 spiro atoms. The first-order valence-electron chi connectivity index (χ1n) is 9.20. The molecule has 146 valence electrons. The van der Waals surface area contributed by atoms with E-state index in [4.69, 9.17) is 14.5 Å². The molecule has 0 saturated carbocycles. The van der Waals surface area contributed by atoms with Crippen molar-refractivity contribution in [3.63, 3.8) is 0 Å². The Balaban J connectivity index is 1.76. The minimum atomic E-state index is -0.373. The van der Waals surface area contributed by atoms with Crippen LogP contribution >= 0.6 is 11.3 Å². The van der Waals surface area contributed by atoms with Crippen LogP contribution in [0.4, 0.5) is 9.52 Å². The summed E-state index contributed by atoms with van der Waals surface area (Å²) in [4.78, 5) is 19.6. The second kappa shape index (κ2) is 7.85. The number of benzene rings is 2. The van der Waals surface area contributed by atoms with E-state index in [2.05, 4.69) is 0 Å². The molecule has 0 bridgehead atoms. The van der Waals surface area contributed by atoms with Crippen molar-refractivity contribution in [1.29, 1.82) is 0 Å². The van der Waals surface area contributed by atoms with E-state index in [-0.39, 0.29) is 17.8 Å². The second-order valence-electron chi connectivity index (χ2n) is 6.82. The Labute approximate surface area is 166 Å². The molecule has 1 amide bonds. The lowest BCUT2D eigenvalue weighted by molar-refractivity contribution is 0.0917. The van der Waals surface area contributed by atoms with Crippen LogP contribution < -0.4 is 9.64 Å². The molecule has 1 aliphatic rings. The molecule has 3 aromatic rings. The average Bonchev–Trinajstić information content (AvgIpc) is 3.37. The highest BCUT2D eigenvalue weighted by Crippen LogP contribution is 2.37. The van der Waals surface area contributed by atoms with Crippen molar-refractivity contribution < 1.29 is 18.7 Å². The van der Waals surface area contributed by atoms with Crippen LogP contribution in [0.5, 0.6) is 5.75 Å². The zero-order valence-corrected chi connectivity index (χ0v) is 16.6. The molecule has 0 N–H and O–H groups in total. The predicted molar refractivity (Wildman–Crippen MR) is 108 cm³/mol. The maximum atomic E-state index is 13.3. The lowest BCUT2D eigenvalue weighted by Gasteiger charge is -2.23. The Morgan fingerprint density at radius 3 is 2.79 bits per heavy atom. The molecule has 1 unspecified atom stereocenters. The molecule has 2 aromatic carbocycles. The number of carbonyl (C=O) groups excluding carboxylic acids is 1. The summed E-state index contributed by atoms with van der Waals surface area (Å²) < 4.78 is 25.5. The van der Waals surface area contributed by atoms with Gasteiger partial charge in [-0.25, -0.2) is 9.37 Å². The number of aromatic nitrogens is 1. The van der Waals surface area contributed by atoms with Crippen molar-refractivity contribution >= 4 is 32.6 Å². The van der Waals surface area contributed by atoms with E-state index in [1.54, 1.807) is 12.0 Å². The fourth-order valence-corrected chi connectivity index (χ4v) is 4.43. The van der Waals surface area contributed by atoms with Crippen molar-refractivity contribution in [3.05, 3.63) is 53.3 Å². The number of rotatable bonds is 5. The Bertz CT molecular complexity index is 997. The van der Waals surface area contributed by atoms with E-state index in [0.29, 0.717) is 29.6 Å². The topological polar surface area (TPSA) is 51.7 Å². The number of aryl methyl sites for hydroxylation is 1. The number of hydrogen-bond donors (Lipinski definition) is 0. The van der Waals surface area contributed by atoms with E-state index >= 15 is 0 Å². The SMILES string of the molecule is COc1ccc(C)c2sc(N(CC3CCCO3)C(=O)c3ccc(F)cc3)nc12. The Morgan fingerprint density at radius 1 is 1.32 bits per heavy atom. The van der Waals surface area contributed by atoms with Gasteiger partial charge in [-0.15, -0.1) is 0 Å². The number of hydrogen-bond acceptors (Lipinski definition) is 5. The second-order valence-corrected chi connectivity index (χ2v) is 7.79. The molecule has 4 rings (SSSR count). The lowest BCUT2D eigenvalue weighted by atomic mass is 10.1.